The molecular formula is C19H14N6O2. The number of ether oxygens (including phenoxy) is 1. The molecule has 27 heavy (non-hydrogen) atoms. The van der Waals surface area contributed by atoms with E-state index in [1.807, 2.05) is 37.3 Å². The fourth-order valence-electron chi connectivity index (χ4n) is 3.17. The Morgan fingerprint density at radius 1 is 1.07 bits per heavy atom. The zero-order valence-electron chi connectivity index (χ0n) is 14.6. The zero-order valence-corrected chi connectivity index (χ0v) is 14.6. The van der Waals surface area contributed by atoms with Crippen LogP contribution in [0.1, 0.15) is 5.76 Å². The Balaban J connectivity index is 1.92. The van der Waals surface area contributed by atoms with Crippen LogP contribution in [0.5, 0.6) is 5.75 Å². The maximum absolute atomic E-state index is 5.59. The molecule has 1 aromatic carbocycles. The van der Waals surface area contributed by atoms with Crippen molar-refractivity contribution >= 4 is 16.4 Å². The van der Waals surface area contributed by atoms with Gasteiger partial charge in [0.15, 0.2) is 11.3 Å². The molecule has 0 atom stereocenters. The third-order valence-corrected chi connectivity index (χ3v) is 4.38. The Kier molecular flexibility index (Phi) is 3.36. The Hall–Kier alpha value is -3.81. The average molecular weight is 358 g/mol. The molecule has 0 unspecified atom stereocenters. The molecule has 132 valence electrons. The van der Waals surface area contributed by atoms with E-state index in [2.05, 4.69) is 20.3 Å². The Bertz CT molecular complexity index is 1280. The Morgan fingerprint density at radius 3 is 2.67 bits per heavy atom. The molecule has 8 heteroatoms. The minimum atomic E-state index is 0.516. The second-order valence-corrected chi connectivity index (χ2v) is 6.05. The van der Waals surface area contributed by atoms with E-state index in [0.717, 1.165) is 27.8 Å². The molecule has 0 aliphatic rings. The van der Waals surface area contributed by atoms with E-state index in [1.54, 1.807) is 30.1 Å². The van der Waals surface area contributed by atoms with Crippen LogP contribution in [0, 0.1) is 6.92 Å². The van der Waals surface area contributed by atoms with Crippen molar-refractivity contribution in [2.75, 3.05) is 7.11 Å². The lowest BCUT2D eigenvalue weighted by Gasteiger charge is -2.11. The Morgan fingerprint density at radius 2 is 1.93 bits per heavy atom. The topological polar surface area (TPSA) is 91.2 Å². The summed E-state index contributed by atoms with van der Waals surface area (Å²) in [6, 6.07) is 11.4. The van der Waals surface area contributed by atoms with Gasteiger partial charge in [-0.3, -0.25) is 4.98 Å². The van der Waals surface area contributed by atoms with Gasteiger partial charge >= 0.3 is 0 Å². The number of aromatic nitrogens is 6. The van der Waals surface area contributed by atoms with Crippen molar-refractivity contribution in [1.82, 2.24) is 30.0 Å². The average Bonchev–Trinajstić information content (AvgIpc) is 3.33. The molecule has 0 aliphatic heterocycles. The second-order valence-electron chi connectivity index (χ2n) is 6.05. The minimum Gasteiger partial charge on any atom is -0.496 e. The lowest BCUT2D eigenvalue weighted by atomic mass is 10.0. The van der Waals surface area contributed by atoms with Gasteiger partial charge in [0.2, 0.25) is 5.82 Å². The molecule has 8 nitrogen and oxygen atoms in total. The molecule has 0 saturated carbocycles. The van der Waals surface area contributed by atoms with Gasteiger partial charge in [0.05, 0.1) is 12.5 Å². The van der Waals surface area contributed by atoms with E-state index in [1.165, 1.54) is 0 Å². The summed E-state index contributed by atoms with van der Waals surface area (Å²) in [5, 5.41) is 19.3. The molecule has 0 bridgehead atoms. The van der Waals surface area contributed by atoms with Gasteiger partial charge in [-0.25, -0.2) is 0 Å². The maximum atomic E-state index is 5.59. The number of methoxy groups -OCH3 is 1. The van der Waals surface area contributed by atoms with E-state index >= 15 is 0 Å². The molecule has 0 saturated heterocycles. The Labute approximate surface area is 153 Å². The molecule has 0 fully saturated rings. The first-order chi connectivity index (χ1) is 13.3. The highest BCUT2D eigenvalue weighted by atomic mass is 16.5. The molecule has 5 rings (SSSR count). The minimum absolute atomic E-state index is 0.516. The largest absolute Gasteiger partial charge is 0.496 e. The smallest absolute Gasteiger partial charge is 0.207 e. The van der Waals surface area contributed by atoms with E-state index in [0.29, 0.717) is 22.9 Å². The van der Waals surface area contributed by atoms with Crippen molar-refractivity contribution in [3.05, 3.63) is 54.6 Å². The van der Waals surface area contributed by atoms with Gasteiger partial charge in [-0.05, 0) is 25.1 Å². The van der Waals surface area contributed by atoms with Crippen LogP contribution in [0.15, 0.2) is 53.3 Å². The van der Waals surface area contributed by atoms with Gasteiger partial charge in [-0.1, -0.05) is 17.3 Å². The highest BCUT2D eigenvalue weighted by Gasteiger charge is 2.20. The van der Waals surface area contributed by atoms with Crippen molar-refractivity contribution < 1.29 is 9.26 Å². The second kappa shape index (κ2) is 5.87. The first-order valence-electron chi connectivity index (χ1n) is 8.32. The highest BCUT2D eigenvalue weighted by Crippen LogP contribution is 2.36. The summed E-state index contributed by atoms with van der Waals surface area (Å²) in [5.74, 6) is 1.93. The van der Waals surface area contributed by atoms with Crippen LogP contribution in [0.25, 0.3) is 39.2 Å². The van der Waals surface area contributed by atoms with Crippen molar-refractivity contribution in [2.45, 2.75) is 6.92 Å². The van der Waals surface area contributed by atoms with Gasteiger partial charge in [0, 0.05) is 29.4 Å². The van der Waals surface area contributed by atoms with Crippen molar-refractivity contribution in [3.63, 3.8) is 0 Å². The fourth-order valence-corrected chi connectivity index (χ4v) is 3.17. The molecular weight excluding hydrogens is 344 g/mol. The quantitative estimate of drug-likeness (QED) is 0.488. The van der Waals surface area contributed by atoms with Crippen molar-refractivity contribution in [2.24, 2.45) is 0 Å². The molecule has 0 spiro atoms. The molecule has 0 aliphatic carbocycles. The molecule has 4 heterocycles. The summed E-state index contributed by atoms with van der Waals surface area (Å²) in [5.41, 5.74) is 2.86. The van der Waals surface area contributed by atoms with Crippen LogP contribution in [-0.2, 0) is 0 Å². The van der Waals surface area contributed by atoms with E-state index in [-0.39, 0.29) is 0 Å². The summed E-state index contributed by atoms with van der Waals surface area (Å²) in [6.45, 7) is 1.83. The number of rotatable bonds is 3. The van der Waals surface area contributed by atoms with E-state index < -0.39 is 0 Å². The molecule has 5 aromatic rings. The number of pyridine rings is 1. The SMILES string of the molecule is COc1cccc2c1c(-c1ccncc1)nn1c(-c3cc(C)on3)nnc21. The van der Waals surface area contributed by atoms with Crippen LogP contribution < -0.4 is 4.74 Å². The van der Waals surface area contributed by atoms with Crippen LogP contribution >= 0.6 is 0 Å². The first-order valence-corrected chi connectivity index (χ1v) is 8.32. The number of benzene rings is 1. The number of hydrogen-bond acceptors (Lipinski definition) is 7. The van der Waals surface area contributed by atoms with Gasteiger partial charge in [0.1, 0.15) is 17.2 Å². The summed E-state index contributed by atoms with van der Waals surface area (Å²) in [4.78, 5) is 4.10. The summed E-state index contributed by atoms with van der Waals surface area (Å²) < 4.78 is 12.5. The third kappa shape index (κ3) is 2.34. The predicted molar refractivity (Wildman–Crippen MR) is 98.3 cm³/mol. The number of nitrogens with zero attached hydrogens (tertiary/aromatic N) is 6. The summed E-state index contributed by atoms with van der Waals surface area (Å²) in [6.07, 6.45) is 3.47. The molecule has 0 N–H and O–H groups in total. The van der Waals surface area contributed by atoms with Gasteiger partial charge in [-0.15, -0.1) is 10.2 Å². The molecule has 0 amide bonds. The fraction of sp³-hybridized carbons (Fsp3) is 0.105. The molecule has 0 radical (unpaired) electrons. The van der Waals surface area contributed by atoms with Crippen LogP contribution in [0.3, 0.4) is 0 Å². The lowest BCUT2D eigenvalue weighted by Crippen LogP contribution is -2.01. The maximum Gasteiger partial charge on any atom is 0.207 e. The first kappa shape index (κ1) is 15.4. The van der Waals surface area contributed by atoms with E-state index in [4.69, 9.17) is 14.4 Å². The van der Waals surface area contributed by atoms with Gasteiger partial charge in [0.25, 0.3) is 0 Å². The molecule has 4 aromatic heterocycles. The number of aryl methyl sites for hydroxylation is 1. The normalized spacial score (nSPS) is 11.3. The standard InChI is InChI=1S/C19H14N6O2/c1-11-10-14(24-27-11)19-22-21-18-13-4-3-5-15(26-2)16(13)17(23-25(18)19)12-6-8-20-9-7-12/h3-10H,1-2H3. The number of fused-ring (bicyclic) bond motifs is 3. The summed E-state index contributed by atoms with van der Waals surface area (Å²) in [7, 11) is 1.64. The van der Waals surface area contributed by atoms with Gasteiger partial charge < -0.3 is 9.26 Å². The highest BCUT2D eigenvalue weighted by molar-refractivity contribution is 6.05. The lowest BCUT2D eigenvalue weighted by molar-refractivity contribution is 0.399. The predicted octanol–water partition coefficient (Wildman–Crippen LogP) is 3.31. The van der Waals surface area contributed by atoms with Crippen molar-refractivity contribution in [1.29, 1.82) is 0 Å². The van der Waals surface area contributed by atoms with Gasteiger partial charge in [-0.2, -0.15) is 9.61 Å². The van der Waals surface area contributed by atoms with Crippen molar-refractivity contribution in [3.8, 4) is 28.5 Å². The van der Waals surface area contributed by atoms with Crippen LogP contribution in [-0.4, -0.2) is 37.1 Å². The van der Waals surface area contributed by atoms with E-state index in [9.17, 15) is 0 Å². The summed E-state index contributed by atoms with van der Waals surface area (Å²) >= 11 is 0. The zero-order chi connectivity index (χ0) is 18.4. The monoisotopic (exact) mass is 358 g/mol. The van der Waals surface area contributed by atoms with Crippen LogP contribution in [0.4, 0.5) is 0 Å². The third-order valence-electron chi connectivity index (χ3n) is 4.38. The van der Waals surface area contributed by atoms with Crippen LogP contribution in [0.2, 0.25) is 0 Å². The number of hydrogen-bond donors (Lipinski definition) is 0.